The van der Waals surface area contributed by atoms with Crippen molar-refractivity contribution in [3.63, 3.8) is 0 Å². The maximum atomic E-state index is 13.7. The van der Waals surface area contributed by atoms with Crippen molar-refractivity contribution in [1.82, 2.24) is 14.8 Å². The van der Waals surface area contributed by atoms with Crippen LogP contribution in [0.15, 0.2) is 35.7 Å². The Morgan fingerprint density at radius 3 is 2.45 bits per heavy atom. The number of piperazine rings is 1. The number of nitrogens with zero attached hydrogens (tertiary/aromatic N) is 3. The molecule has 4 saturated carbocycles. The van der Waals surface area contributed by atoms with Crippen LogP contribution in [-0.2, 0) is 11.3 Å². The number of hydrogen-bond donors (Lipinski definition) is 0. The molecule has 7 rings (SSSR count). The second-order valence-electron chi connectivity index (χ2n) is 10.5. The minimum atomic E-state index is -0.159. The Morgan fingerprint density at radius 1 is 1.06 bits per heavy atom. The van der Waals surface area contributed by atoms with E-state index in [-0.39, 0.29) is 10.3 Å². The molecule has 0 radical (unpaired) electrons. The number of thiazole rings is 1. The molecule has 1 aliphatic heterocycles. The van der Waals surface area contributed by atoms with Crippen LogP contribution in [0.5, 0.6) is 0 Å². The highest BCUT2D eigenvalue weighted by atomic mass is 35.5. The van der Waals surface area contributed by atoms with Crippen LogP contribution in [-0.4, -0.2) is 51.7 Å². The van der Waals surface area contributed by atoms with Gasteiger partial charge in [0.05, 0.1) is 11.1 Å². The van der Waals surface area contributed by atoms with Gasteiger partial charge < -0.3 is 4.90 Å². The van der Waals surface area contributed by atoms with E-state index in [1.54, 1.807) is 11.3 Å². The van der Waals surface area contributed by atoms with Gasteiger partial charge in [-0.1, -0.05) is 30.3 Å². The van der Waals surface area contributed by atoms with Crippen molar-refractivity contribution in [2.45, 2.75) is 49.9 Å². The van der Waals surface area contributed by atoms with E-state index in [0.29, 0.717) is 17.7 Å². The summed E-state index contributed by atoms with van der Waals surface area (Å²) in [5, 5.41) is 3.26. The van der Waals surface area contributed by atoms with E-state index in [1.165, 1.54) is 12.0 Å². The molecule has 6 heteroatoms. The summed E-state index contributed by atoms with van der Waals surface area (Å²) in [5.41, 5.74) is 2.16. The molecule has 0 unspecified atom stereocenters. The highest BCUT2D eigenvalue weighted by molar-refractivity contribution is 7.13. The minimum absolute atomic E-state index is 0.0946. The Kier molecular flexibility index (Phi) is 4.93. The van der Waals surface area contributed by atoms with Gasteiger partial charge in [-0.15, -0.1) is 22.9 Å². The van der Waals surface area contributed by atoms with Crippen LogP contribution < -0.4 is 0 Å². The number of rotatable bonds is 4. The van der Waals surface area contributed by atoms with Gasteiger partial charge in [0, 0.05) is 48.5 Å². The lowest BCUT2D eigenvalue weighted by Gasteiger charge is -2.60. The van der Waals surface area contributed by atoms with Crippen molar-refractivity contribution < 1.29 is 4.79 Å². The third kappa shape index (κ3) is 3.73. The van der Waals surface area contributed by atoms with E-state index in [4.69, 9.17) is 16.6 Å². The largest absolute Gasteiger partial charge is 0.340 e. The first-order valence-electron chi connectivity index (χ1n) is 11.7. The minimum Gasteiger partial charge on any atom is -0.340 e. The number of alkyl halides is 1. The van der Waals surface area contributed by atoms with Gasteiger partial charge in [-0.05, 0) is 50.4 Å². The molecule has 5 fully saturated rings. The molecule has 4 bridgehead atoms. The van der Waals surface area contributed by atoms with E-state index in [2.05, 4.69) is 39.4 Å². The molecule has 164 valence electrons. The van der Waals surface area contributed by atoms with E-state index in [0.717, 1.165) is 75.5 Å². The SMILES string of the molecule is O=C(N1CCN(Cc2csc(-c3ccccc3)n2)CC1)C12C[C@H]3C[C@@H](CC(Cl)(C3)C1)C2. The maximum absolute atomic E-state index is 13.7. The molecule has 1 aromatic heterocycles. The van der Waals surface area contributed by atoms with Gasteiger partial charge in [-0.2, -0.15) is 0 Å². The molecule has 31 heavy (non-hydrogen) atoms. The van der Waals surface area contributed by atoms with Crippen molar-refractivity contribution in [3.05, 3.63) is 41.4 Å². The zero-order chi connectivity index (χ0) is 21.1. The van der Waals surface area contributed by atoms with E-state index >= 15 is 0 Å². The van der Waals surface area contributed by atoms with Gasteiger partial charge in [0.1, 0.15) is 5.01 Å². The second-order valence-corrected chi connectivity index (χ2v) is 12.1. The van der Waals surface area contributed by atoms with Crippen molar-refractivity contribution in [3.8, 4) is 10.6 Å². The number of amides is 1. The molecule has 4 nitrogen and oxygen atoms in total. The van der Waals surface area contributed by atoms with Crippen molar-refractivity contribution >= 4 is 28.8 Å². The summed E-state index contributed by atoms with van der Waals surface area (Å²) < 4.78 is 0. The molecule has 0 N–H and O–H groups in total. The first-order valence-corrected chi connectivity index (χ1v) is 13.0. The van der Waals surface area contributed by atoms with Gasteiger partial charge in [0.25, 0.3) is 0 Å². The van der Waals surface area contributed by atoms with Crippen molar-refractivity contribution in [2.24, 2.45) is 17.3 Å². The molecule has 1 amide bonds. The fourth-order valence-corrected chi connectivity index (χ4v) is 8.68. The molecule has 5 aliphatic rings. The monoisotopic (exact) mass is 455 g/mol. The highest BCUT2D eigenvalue weighted by Gasteiger charge is 2.60. The quantitative estimate of drug-likeness (QED) is 0.606. The normalized spacial score (nSPS) is 34.9. The molecule has 2 heterocycles. The summed E-state index contributed by atoms with van der Waals surface area (Å²) in [4.78, 5) is 23.0. The number of benzene rings is 1. The first kappa shape index (κ1) is 20.2. The number of hydrogen-bond acceptors (Lipinski definition) is 4. The van der Waals surface area contributed by atoms with E-state index in [1.807, 2.05) is 6.07 Å². The Hall–Kier alpha value is -1.43. The molecule has 1 aromatic carbocycles. The van der Waals surface area contributed by atoms with Crippen molar-refractivity contribution in [2.75, 3.05) is 26.2 Å². The summed E-state index contributed by atoms with van der Waals surface area (Å²) in [6.07, 6.45) is 6.64. The van der Waals surface area contributed by atoms with Crippen LogP contribution >= 0.6 is 22.9 Å². The third-order valence-electron chi connectivity index (χ3n) is 8.06. The Balaban J connectivity index is 1.08. The zero-order valence-corrected chi connectivity index (χ0v) is 19.5. The predicted molar refractivity (Wildman–Crippen MR) is 125 cm³/mol. The van der Waals surface area contributed by atoms with Gasteiger partial charge >= 0.3 is 0 Å². The Labute approximate surface area is 193 Å². The van der Waals surface area contributed by atoms with Crippen LogP contribution in [0.25, 0.3) is 10.6 Å². The van der Waals surface area contributed by atoms with Crippen LogP contribution in [0, 0.1) is 17.3 Å². The first-order chi connectivity index (χ1) is 15.0. The maximum Gasteiger partial charge on any atom is 0.228 e. The number of aromatic nitrogens is 1. The Bertz CT molecular complexity index is 954. The van der Waals surface area contributed by atoms with Crippen LogP contribution in [0.4, 0.5) is 0 Å². The van der Waals surface area contributed by atoms with Gasteiger partial charge in [-0.25, -0.2) is 4.98 Å². The molecule has 2 atom stereocenters. The summed E-state index contributed by atoms with van der Waals surface area (Å²) in [6, 6.07) is 10.4. The average Bonchev–Trinajstić information content (AvgIpc) is 3.21. The standard InChI is InChI=1S/C25H30ClN3OS/c26-25-13-18-10-19(14-25)12-24(11-18,17-25)23(30)29-8-6-28(7-9-29)15-21-16-31-22(27-21)20-4-2-1-3-5-20/h1-5,16,18-19H,6-15,17H2/t18-,19-,24?,25?/m1/s1. The zero-order valence-electron chi connectivity index (χ0n) is 17.9. The number of carbonyl (C=O) groups excluding carboxylic acids is 1. The lowest BCUT2D eigenvalue weighted by atomic mass is 9.49. The average molecular weight is 456 g/mol. The lowest BCUT2D eigenvalue weighted by Crippen LogP contribution is -2.61. The van der Waals surface area contributed by atoms with E-state index < -0.39 is 0 Å². The van der Waals surface area contributed by atoms with Gasteiger partial charge in [0.2, 0.25) is 5.91 Å². The summed E-state index contributed by atoms with van der Waals surface area (Å²) in [7, 11) is 0. The van der Waals surface area contributed by atoms with E-state index in [9.17, 15) is 4.79 Å². The summed E-state index contributed by atoms with van der Waals surface area (Å²) >= 11 is 8.69. The number of carbonyl (C=O) groups is 1. The third-order valence-corrected chi connectivity index (χ3v) is 9.44. The molecule has 4 aliphatic carbocycles. The molecule has 0 spiro atoms. The molecular formula is C25H30ClN3OS. The molecular weight excluding hydrogens is 426 g/mol. The fraction of sp³-hybridized carbons (Fsp3) is 0.600. The second kappa shape index (κ2) is 7.57. The molecule has 1 saturated heterocycles. The summed E-state index contributed by atoms with van der Waals surface area (Å²) in [6.45, 7) is 4.39. The van der Waals surface area contributed by atoms with Crippen LogP contribution in [0.2, 0.25) is 0 Å². The van der Waals surface area contributed by atoms with Crippen LogP contribution in [0.3, 0.4) is 0 Å². The smallest absolute Gasteiger partial charge is 0.228 e. The van der Waals surface area contributed by atoms with Crippen molar-refractivity contribution in [1.29, 1.82) is 0 Å². The summed E-state index contributed by atoms with van der Waals surface area (Å²) in [5.74, 6) is 1.76. The van der Waals surface area contributed by atoms with Crippen LogP contribution in [0.1, 0.15) is 44.2 Å². The van der Waals surface area contributed by atoms with Gasteiger partial charge in [0.15, 0.2) is 0 Å². The predicted octanol–water partition coefficient (Wildman–Crippen LogP) is 5.03. The molecule has 2 aromatic rings. The Morgan fingerprint density at radius 2 is 1.77 bits per heavy atom. The lowest BCUT2D eigenvalue weighted by molar-refractivity contribution is -0.157. The topological polar surface area (TPSA) is 36.4 Å². The number of halogens is 1. The fourth-order valence-electron chi connectivity index (χ4n) is 7.17. The van der Waals surface area contributed by atoms with Gasteiger partial charge in [-0.3, -0.25) is 9.69 Å². The highest BCUT2D eigenvalue weighted by Crippen LogP contribution is 2.64.